The van der Waals surface area contributed by atoms with Crippen molar-refractivity contribution in [3.63, 3.8) is 0 Å². The van der Waals surface area contributed by atoms with Gasteiger partial charge in [-0.15, -0.1) is 0 Å². The molecule has 0 radical (unpaired) electrons. The molecule has 1 aromatic carbocycles. The van der Waals surface area contributed by atoms with Gasteiger partial charge in [0.05, 0.1) is 6.20 Å². The summed E-state index contributed by atoms with van der Waals surface area (Å²) in [7, 11) is 3.77. The second-order valence-corrected chi connectivity index (χ2v) is 9.50. The topological polar surface area (TPSA) is 108 Å². The minimum atomic E-state index is -0.0743. The lowest BCUT2D eigenvalue weighted by molar-refractivity contribution is -0.121. The number of likely N-dealkylation sites (N-methyl/N-ethyl adjacent to an activating group) is 2. The van der Waals surface area contributed by atoms with Crippen molar-refractivity contribution in [1.82, 2.24) is 30.0 Å². The molecular formula is C25H33N9O. The van der Waals surface area contributed by atoms with E-state index in [4.69, 9.17) is 5.73 Å². The largest absolute Gasteiger partial charge is 0.368 e. The van der Waals surface area contributed by atoms with Gasteiger partial charge in [-0.2, -0.15) is 15.1 Å². The van der Waals surface area contributed by atoms with E-state index in [9.17, 15) is 4.79 Å². The first-order chi connectivity index (χ1) is 16.9. The molecule has 2 aliphatic rings. The summed E-state index contributed by atoms with van der Waals surface area (Å²) in [6.45, 7) is 7.06. The maximum Gasteiger partial charge on any atom is 0.241 e. The van der Waals surface area contributed by atoms with Gasteiger partial charge < -0.3 is 25.8 Å². The third kappa shape index (κ3) is 4.93. The van der Waals surface area contributed by atoms with Crippen LogP contribution in [0.1, 0.15) is 18.1 Å². The fourth-order valence-corrected chi connectivity index (χ4v) is 4.84. The maximum atomic E-state index is 11.7. The lowest BCUT2D eigenvalue weighted by atomic mass is 9.92. The molecule has 3 aromatic rings. The molecule has 2 aromatic heterocycles. The number of benzene rings is 1. The Morgan fingerprint density at radius 2 is 1.86 bits per heavy atom. The Morgan fingerprint density at radius 1 is 1.09 bits per heavy atom. The Balaban J connectivity index is 1.39. The van der Waals surface area contributed by atoms with Crippen LogP contribution in [0.5, 0.6) is 0 Å². The second-order valence-electron chi connectivity index (χ2n) is 9.50. The van der Waals surface area contributed by atoms with Gasteiger partial charge in [0.15, 0.2) is 0 Å². The van der Waals surface area contributed by atoms with Gasteiger partial charge in [0.25, 0.3) is 0 Å². The number of anilines is 3. The van der Waals surface area contributed by atoms with Crippen molar-refractivity contribution in [2.45, 2.75) is 32.5 Å². The average molecular weight is 476 g/mol. The van der Waals surface area contributed by atoms with E-state index in [1.807, 2.05) is 6.20 Å². The van der Waals surface area contributed by atoms with Crippen LogP contribution in [-0.2, 0) is 24.3 Å². The van der Waals surface area contributed by atoms with E-state index in [0.717, 1.165) is 61.9 Å². The summed E-state index contributed by atoms with van der Waals surface area (Å²) in [6.07, 6.45) is 4.65. The lowest BCUT2D eigenvalue weighted by Gasteiger charge is -2.37. The number of amides is 1. The van der Waals surface area contributed by atoms with E-state index in [1.165, 1.54) is 11.1 Å². The third-order valence-corrected chi connectivity index (χ3v) is 6.98. The standard InChI is InChI=1S/C25H33N9O/c1-17-10-18-4-5-19(21-13-28-33(14-21)16-24(35)27-2)11-20(18)15-34(17)23-12-22(29-25(26)30-23)32-8-6-31(3)7-9-32/h4-5,11-14,17H,6-10,15-16H2,1-3H3,(H,27,35)(H2,26,29,30). The average Bonchev–Trinajstić information content (AvgIpc) is 3.31. The number of nitrogens with one attached hydrogen (secondary N) is 1. The smallest absolute Gasteiger partial charge is 0.241 e. The summed E-state index contributed by atoms with van der Waals surface area (Å²) in [4.78, 5) is 27.8. The molecule has 5 rings (SSSR count). The van der Waals surface area contributed by atoms with E-state index in [0.29, 0.717) is 12.0 Å². The van der Waals surface area contributed by atoms with Crippen LogP contribution >= 0.6 is 0 Å². The van der Waals surface area contributed by atoms with Gasteiger partial charge in [0, 0.05) is 63.6 Å². The van der Waals surface area contributed by atoms with Crippen molar-refractivity contribution < 1.29 is 4.79 Å². The molecule has 10 nitrogen and oxygen atoms in total. The molecule has 2 aliphatic heterocycles. The van der Waals surface area contributed by atoms with Crippen molar-refractivity contribution in [3.05, 3.63) is 47.8 Å². The number of fused-ring (bicyclic) bond motifs is 1. The van der Waals surface area contributed by atoms with Gasteiger partial charge in [-0.1, -0.05) is 12.1 Å². The Morgan fingerprint density at radius 3 is 2.63 bits per heavy atom. The van der Waals surface area contributed by atoms with Gasteiger partial charge in [0.1, 0.15) is 18.2 Å². The van der Waals surface area contributed by atoms with Crippen LogP contribution < -0.4 is 20.9 Å². The zero-order valence-corrected chi connectivity index (χ0v) is 20.6. The Kier molecular flexibility index (Phi) is 6.29. The number of nitrogens with two attached hydrogens (primary N) is 1. The Bertz CT molecular complexity index is 1220. The number of carbonyl (C=O) groups excluding carboxylic acids is 1. The molecule has 1 unspecified atom stereocenters. The molecule has 1 atom stereocenters. The molecule has 0 aliphatic carbocycles. The number of hydrogen-bond donors (Lipinski definition) is 2. The van der Waals surface area contributed by atoms with Gasteiger partial charge in [-0.05, 0) is 43.1 Å². The highest BCUT2D eigenvalue weighted by atomic mass is 16.1. The summed E-state index contributed by atoms with van der Waals surface area (Å²) < 4.78 is 1.66. The molecule has 1 amide bonds. The van der Waals surface area contributed by atoms with Crippen LogP contribution in [-0.4, -0.2) is 76.9 Å². The molecule has 0 bridgehead atoms. The van der Waals surface area contributed by atoms with Crippen LogP contribution in [0.3, 0.4) is 0 Å². The van der Waals surface area contributed by atoms with E-state index in [-0.39, 0.29) is 12.5 Å². The van der Waals surface area contributed by atoms with Crippen molar-refractivity contribution in [2.24, 2.45) is 0 Å². The molecule has 10 heteroatoms. The monoisotopic (exact) mass is 475 g/mol. The van der Waals surface area contributed by atoms with Crippen LogP contribution in [0.25, 0.3) is 11.1 Å². The molecular weight excluding hydrogens is 442 g/mol. The second kappa shape index (κ2) is 9.53. The third-order valence-electron chi connectivity index (χ3n) is 6.98. The number of nitrogens with zero attached hydrogens (tertiary/aromatic N) is 7. The molecule has 35 heavy (non-hydrogen) atoms. The molecule has 3 N–H and O–H groups in total. The van der Waals surface area contributed by atoms with Gasteiger partial charge in [-0.25, -0.2) is 0 Å². The summed E-state index contributed by atoms with van der Waals surface area (Å²) >= 11 is 0. The van der Waals surface area contributed by atoms with E-state index >= 15 is 0 Å². The molecule has 1 saturated heterocycles. The predicted molar refractivity (Wildman–Crippen MR) is 137 cm³/mol. The molecule has 0 spiro atoms. The summed E-state index contributed by atoms with van der Waals surface area (Å²) in [5.74, 6) is 2.01. The quantitative estimate of drug-likeness (QED) is 0.570. The fourth-order valence-electron chi connectivity index (χ4n) is 4.84. The molecule has 1 fully saturated rings. The number of piperazine rings is 1. The van der Waals surface area contributed by atoms with Gasteiger partial charge in [0.2, 0.25) is 11.9 Å². The van der Waals surface area contributed by atoms with Crippen LogP contribution in [0.2, 0.25) is 0 Å². The Hall–Kier alpha value is -3.66. The van der Waals surface area contributed by atoms with Crippen molar-refractivity contribution in [3.8, 4) is 11.1 Å². The number of carbonyl (C=O) groups is 1. The minimum Gasteiger partial charge on any atom is -0.368 e. The normalized spacial score (nSPS) is 18.4. The first-order valence-electron chi connectivity index (χ1n) is 12.1. The summed E-state index contributed by atoms with van der Waals surface area (Å²) in [5, 5.41) is 6.97. The minimum absolute atomic E-state index is 0.0743. The van der Waals surface area contributed by atoms with Gasteiger partial charge in [-0.3, -0.25) is 9.48 Å². The predicted octanol–water partition coefficient (Wildman–Crippen LogP) is 1.37. The lowest BCUT2D eigenvalue weighted by Crippen LogP contribution is -2.45. The van der Waals surface area contributed by atoms with Crippen molar-refractivity contribution >= 4 is 23.5 Å². The van der Waals surface area contributed by atoms with Crippen LogP contribution in [0.15, 0.2) is 36.7 Å². The van der Waals surface area contributed by atoms with E-state index in [1.54, 1.807) is 17.9 Å². The molecule has 0 saturated carbocycles. The van der Waals surface area contributed by atoms with Crippen molar-refractivity contribution in [1.29, 1.82) is 0 Å². The zero-order chi connectivity index (χ0) is 24.5. The van der Waals surface area contributed by atoms with Crippen LogP contribution in [0, 0.1) is 0 Å². The first kappa shape index (κ1) is 23.1. The SMILES string of the molecule is CNC(=O)Cn1cc(-c2ccc3c(c2)CN(c2cc(N4CCN(C)CC4)nc(N)n2)C(C)C3)cn1. The highest BCUT2D eigenvalue weighted by molar-refractivity contribution is 5.75. The van der Waals surface area contributed by atoms with Crippen molar-refractivity contribution in [2.75, 3.05) is 55.8 Å². The fraction of sp³-hybridized carbons (Fsp3) is 0.440. The number of nitrogen functional groups attached to an aromatic ring is 1. The molecule has 184 valence electrons. The number of rotatable bonds is 5. The number of hydrogen-bond acceptors (Lipinski definition) is 8. The highest BCUT2D eigenvalue weighted by Gasteiger charge is 2.26. The first-order valence-corrected chi connectivity index (χ1v) is 12.1. The highest BCUT2D eigenvalue weighted by Crippen LogP contribution is 2.32. The zero-order valence-electron chi connectivity index (χ0n) is 20.6. The molecule has 4 heterocycles. The number of aromatic nitrogens is 4. The summed E-state index contributed by atoms with van der Waals surface area (Å²) in [5.41, 5.74) is 10.8. The van der Waals surface area contributed by atoms with Gasteiger partial charge >= 0.3 is 0 Å². The van der Waals surface area contributed by atoms with E-state index < -0.39 is 0 Å². The maximum absolute atomic E-state index is 11.7. The summed E-state index contributed by atoms with van der Waals surface area (Å²) in [6, 6.07) is 8.94. The van der Waals surface area contributed by atoms with Crippen LogP contribution in [0.4, 0.5) is 17.6 Å². The van der Waals surface area contributed by atoms with E-state index in [2.05, 4.69) is 73.3 Å². The Labute approximate surface area is 205 Å².